The summed E-state index contributed by atoms with van der Waals surface area (Å²) in [6.45, 7) is 8.35. The second-order valence-corrected chi connectivity index (χ2v) is 7.26. The first-order chi connectivity index (χ1) is 13.3. The molecule has 3 N–H and O–H groups in total. The molecule has 3 amide bonds. The summed E-state index contributed by atoms with van der Waals surface area (Å²) in [6, 6.07) is 10.0. The fourth-order valence-electron chi connectivity index (χ4n) is 2.58. The Labute approximate surface area is 165 Å². The molecule has 0 radical (unpaired) electrons. The van der Waals surface area contributed by atoms with Crippen LogP contribution in [-0.2, 0) is 11.3 Å². The lowest BCUT2D eigenvalue weighted by Gasteiger charge is -2.13. The van der Waals surface area contributed by atoms with E-state index in [1.165, 1.54) is 4.57 Å². The Morgan fingerprint density at radius 1 is 1.00 bits per heavy atom. The van der Waals surface area contributed by atoms with Crippen LogP contribution >= 0.6 is 0 Å². The first-order valence-corrected chi connectivity index (χ1v) is 9.38. The van der Waals surface area contributed by atoms with Crippen LogP contribution in [0.1, 0.15) is 31.5 Å². The zero-order chi connectivity index (χ0) is 20.7. The molecule has 0 saturated heterocycles. The maximum absolute atomic E-state index is 12.7. The number of aromatic nitrogens is 1. The number of nitrogens with one attached hydrogen (secondary N) is 3. The van der Waals surface area contributed by atoms with Gasteiger partial charge in [0.1, 0.15) is 12.2 Å². The molecule has 0 fully saturated rings. The van der Waals surface area contributed by atoms with E-state index in [0.29, 0.717) is 23.8 Å². The van der Waals surface area contributed by atoms with Crippen molar-refractivity contribution in [3.8, 4) is 0 Å². The third kappa shape index (κ3) is 6.26. The van der Waals surface area contributed by atoms with Gasteiger partial charge in [0, 0.05) is 17.9 Å². The van der Waals surface area contributed by atoms with Crippen LogP contribution in [0.4, 0.5) is 16.2 Å². The lowest BCUT2D eigenvalue weighted by molar-refractivity contribution is -0.121. The maximum atomic E-state index is 12.7. The summed E-state index contributed by atoms with van der Waals surface area (Å²) >= 11 is 0. The number of anilines is 2. The number of pyridine rings is 1. The molecular formula is C21H28N4O3. The molecule has 2 rings (SSSR count). The fraction of sp³-hybridized carbons (Fsp3) is 0.381. The monoisotopic (exact) mass is 384 g/mol. The molecule has 1 aromatic carbocycles. The van der Waals surface area contributed by atoms with Crippen molar-refractivity contribution in [2.24, 2.45) is 5.92 Å². The molecular weight excluding hydrogens is 356 g/mol. The molecule has 7 nitrogen and oxygen atoms in total. The van der Waals surface area contributed by atoms with E-state index in [1.807, 2.05) is 19.1 Å². The van der Waals surface area contributed by atoms with Gasteiger partial charge in [0.05, 0.1) is 0 Å². The molecule has 0 aliphatic rings. The van der Waals surface area contributed by atoms with Crippen LogP contribution in [0.15, 0.2) is 41.2 Å². The Morgan fingerprint density at radius 3 is 2.32 bits per heavy atom. The number of hydrogen-bond acceptors (Lipinski definition) is 3. The summed E-state index contributed by atoms with van der Waals surface area (Å²) in [5.74, 6) is 0.261. The van der Waals surface area contributed by atoms with Gasteiger partial charge in [-0.15, -0.1) is 0 Å². The Kier molecular flexibility index (Phi) is 7.37. The summed E-state index contributed by atoms with van der Waals surface area (Å²) in [7, 11) is 0. The van der Waals surface area contributed by atoms with Crippen molar-refractivity contribution in [3.63, 3.8) is 0 Å². The van der Waals surface area contributed by atoms with Crippen molar-refractivity contribution in [2.75, 3.05) is 17.2 Å². The summed E-state index contributed by atoms with van der Waals surface area (Å²) in [5, 5.41) is 8.05. The zero-order valence-electron chi connectivity index (χ0n) is 16.8. The Bertz CT molecular complexity index is 886. The van der Waals surface area contributed by atoms with Gasteiger partial charge in [-0.05, 0) is 50.5 Å². The first-order valence-electron chi connectivity index (χ1n) is 9.38. The van der Waals surface area contributed by atoms with Crippen LogP contribution in [0.3, 0.4) is 0 Å². The highest BCUT2D eigenvalue weighted by Gasteiger charge is 2.12. The lowest BCUT2D eigenvalue weighted by Crippen LogP contribution is -2.35. The molecule has 0 saturated carbocycles. The standard InChI is InChI=1S/C21H28N4O3/c1-14(2)11-12-22-19(26)13-25-16(4)7-10-18(20(25)27)24-21(28)23-17-8-5-15(3)6-9-17/h5-10,14H,11-13H2,1-4H3,(H,22,26)(H2,23,24,28). The summed E-state index contributed by atoms with van der Waals surface area (Å²) in [6.07, 6.45) is 0.875. The number of rotatable bonds is 7. The quantitative estimate of drug-likeness (QED) is 0.684. The second-order valence-electron chi connectivity index (χ2n) is 7.26. The summed E-state index contributed by atoms with van der Waals surface area (Å²) in [4.78, 5) is 37.0. The number of benzene rings is 1. The van der Waals surface area contributed by atoms with Gasteiger partial charge in [-0.25, -0.2) is 4.79 Å². The minimum Gasteiger partial charge on any atom is -0.355 e. The topological polar surface area (TPSA) is 92.2 Å². The molecule has 0 aliphatic heterocycles. The SMILES string of the molecule is Cc1ccc(NC(=O)Nc2ccc(C)n(CC(=O)NCCC(C)C)c2=O)cc1. The van der Waals surface area contributed by atoms with E-state index in [2.05, 4.69) is 29.8 Å². The first kappa shape index (κ1) is 21.2. The van der Waals surface area contributed by atoms with Gasteiger partial charge < -0.3 is 20.5 Å². The van der Waals surface area contributed by atoms with Crippen molar-refractivity contribution in [1.82, 2.24) is 9.88 Å². The highest BCUT2D eigenvalue weighted by Crippen LogP contribution is 2.10. The van der Waals surface area contributed by atoms with Crippen molar-refractivity contribution in [1.29, 1.82) is 0 Å². The summed E-state index contributed by atoms with van der Waals surface area (Å²) < 4.78 is 1.35. The Hall–Kier alpha value is -3.09. The minimum atomic E-state index is -0.516. The number of nitrogens with zero attached hydrogens (tertiary/aromatic N) is 1. The van der Waals surface area contributed by atoms with Crippen molar-refractivity contribution < 1.29 is 9.59 Å². The molecule has 7 heteroatoms. The molecule has 1 heterocycles. The van der Waals surface area contributed by atoms with Crippen molar-refractivity contribution in [3.05, 3.63) is 58.0 Å². The number of urea groups is 1. The average Bonchev–Trinajstić information content (AvgIpc) is 2.63. The molecule has 1 aromatic heterocycles. The number of hydrogen-bond donors (Lipinski definition) is 3. The van der Waals surface area contributed by atoms with Gasteiger partial charge in [0.15, 0.2) is 0 Å². The van der Waals surface area contributed by atoms with Gasteiger partial charge in [-0.2, -0.15) is 0 Å². The van der Waals surface area contributed by atoms with Gasteiger partial charge in [-0.3, -0.25) is 9.59 Å². The molecule has 28 heavy (non-hydrogen) atoms. The van der Waals surface area contributed by atoms with Crippen molar-refractivity contribution >= 4 is 23.3 Å². The molecule has 150 valence electrons. The number of carbonyl (C=O) groups excluding carboxylic acids is 2. The van der Waals surface area contributed by atoms with E-state index in [4.69, 9.17) is 0 Å². The molecule has 0 spiro atoms. The van der Waals surface area contributed by atoms with Crippen molar-refractivity contribution in [2.45, 2.75) is 40.7 Å². The molecule has 0 atom stereocenters. The smallest absolute Gasteiger partial charge is 0.323 e. The maximum Gasteiger partial charge on any atom is 0.323 e. The Morgan fingerprint density at radius 2 is 1.68 bits per heavy atom. The largest absolute Gasteiger partial charge is 0.355 e. The van der Waals surface area contributed by atoms with Gasteiger partial charge in [0.25, 0.3) is 5.56 Å². The van der Waals surface area contributed by atoms with Crippen LogP contribution in [0, 0.1) is 19.8 Å². The normalized spacial score (nSPS) is 10.6. The van der Waals surface area contributed by atoms with Crippen LogP contribution in [0.2, 0.25) is 0 Å². The zero-order valence-corrected chi connectivity index (χ0v) is 16.8. The van der Waals surface area contributed by atoms with Crippen LogP contribution in [0.25, 0.3) is 0 Å². The lowest BCUT2D eigenvalue weighted by atomic mass is 10.1. The Balaban J connectivity index is 2.04. The van der Waals surface area contributed by atoms with Crippen LogP contribution in [0.5, 0.6) is 0 Å². The third-order valence-corrected chi connectivity index (χ3v) is 4.30. The third-order valence-electron chi connectivity index (χ3n) is 4.30. The second kappa shape index (κ2) is 9.73. The van der Waals surface area contributed by atoms with E-state index >= 15 is 0 Å². The molecule has 2 aromatic rings. The number of amides is 3. The van der Waals surface area contributed by atoms with E-state index in [9.17, 15) is 14.4 Å². The predicted molar refractivity (Wildman–Crippen MR) is 112 cm³/mol. The number of aryl methyl sites for hydroxylation is 2. The van der Waals surface area contributed by atoms with E-state index in [-0.39, 0.29) is 18.1 Å². The average molecular weight is 384 g/mol. The molecule has 0 bridgehead atoms. The van der Waals surface area contributed by atoms with Gasteiger partial charge >= 0.3 is 6.03 Å². The fourth-order valence-corrected chi connectivity index (χ4v) is 2.58. The summed E-state index contributed by atoms with van der Waals surface area (Å²) in [5.41, 5.74) is 2.05. The highest BCUT2D eigenvalue weighted by atomic mass is 16.2. The minimum absolute atomic E-state index is 0.0855. The van der Waals surface area contributed by atoms with Crippen LogP contribution in [-0.4, -0.2) is 23.1 Å². The van der Waals surface area contributed by atoms with E-state index in [0.717, 1.165) is 12.0 Å². The van der Waals surface area contributed by atoms with E-state index in [1.54, 1.807) is 31.2 Å². The highest BCUT2D eigenvalue weighted by molar-refractivity contribution is 5.99. The molecule has 0 unspecified atom stereocenters. The predicted octanol–water partition coefficient (Wildman–Crippen LogP) is 3.27. The molecule has 0 aliphatic carbocycles. The van der Waals surface area contributed by atoms with E-state index < -0.39 is 11.6 Å². The van der Waals surface area contributed by atoms with Gasteiger partial charge in [0.2, 0.25) is 5.91 Å². The number of carbonyl (C=O) groups is 2. The van der Waals surface area contributed by atoms with Gasteiger partial charge in [-0.1, -0.05) is 31.5 Å². The van der Waals surface area contributed by atoms with Crippen LogP contribution < -0.4 is 21.5 Å².